The summed E-state index contributed by atoms with van der Waals surface area (Å²) in [6.07, 6.45) is -1.47. The van der Waals surface area contributed by atoms with E-state index in [4.69, 9.17) is 18.9 Å². The van der Waals surface area contributed by atoms with Crippen LogP contribution in [0.1, 0.15) is 0 Å². The maximum Gasteiger partial charge on any atom is 0.122 e. The molecule has 4 rings (SSSR count). The van der Waals surface area contributed by atoms with Crippen LogP contribution in [0.4, 0.5) is 0 Å². The van der Waals surface area contributed by atoms with Crippen molar-refractivity contribution in [3.05, 3.63) is 109 Å². The Hall–Kier alpha value is -4.00. The van der Waals surface area contributed by atoms with Gasteiger partial charge >= 0.3 is 0 Å². The molecule has 6 heteroatoms. The molecule has 0 aliphatic rings. The number of ether oxygens (including phenoxy) is 4. The van der Waals surface area contributed by atoms with Crippen molar-refractivity contribution in [2.45, 2.75) is 12.2 Å². The highest BCUT2D eigenvalue weighted by Crippen LogP contribution is 2.25. The van der Waals surface area contributed by atoms with Gasteiger partial charge in [0.1, 0.15) is 61.6 Å². The molecule has 0 amide bonds. The molecule has 0 saturated heterocycles. The van der Waals surface area contributed by atoms with Crippen molar-refractivity contribution < 1.29 is 29.2 Å². The number of hydrogen-bond acceptors (Lipinski definition) is 6. The van der Waals surface area contributed by atoms with Gasteiger partial charge < -0.3 is 29.2 Å². The topological polar surface area (TPSA) is 77.4 Å². The Morgan fingerprint density at radius 3 is 0.972 bits per heavy atom. The van der Waals surface area contributed by atoms with Crippen molar-refractivity contribution in [1.29, 1.82) is 0 Å². The van der Waals surface area contributed by atoms with Gasteiger partial charge in [0.05, 0.1) is 0 Å². The monoisotopic (exact) mass is 486 g/mol. The molecule has 0 aliphatic heterocycles. The van der Waals surface area contributed by atoms with Gasteiger partial charge in [-0.2, -0.15) is 0 Å². The van der Waals surface area contributed by atoms with Crippen LogP contribution in [0.3, 0.4) is 0 Å². The molecule has 4 aromatic rings. The molecule has 0 heterocycles. The normalized spacial score (nSPS) is 12.4. The minimum Gasteiger partial charge on any atom is -0.491 e. The number of aliphatic hydroxyl groups is 2. The lowest BCUT2D eigenvalue weighted by molar-refractivity contribution is 0.0626. The van der Waals surface area contributed by atoms with Crippen LogP contribution in [-0.2, 0) is 0 Å². The van der Waals surface area contributed by atoms with Crippen LogP contribution in [0, 0.1) is 0 Å². The second-order valence-electron chi connectivity index (χ2n) is 8.23. The molecule has 186 valence electrons. The molecule has 4 aromatic carbocycles. The first-order valence-electron chi connectivity index (χ1n) is 11.8. The second-order valence-corrected chi connectivity index (χ2v) is 8.23. The summed E-state index contributed by atoms with van der Waals surface area (Å²) in [7, 11) is 0. The largest absolute Gasteiger partial charge is 0.491 e. The smallest absolute Gasteiger partial charge is 0.122 e. The van der Waals surface area contributed by atoms with E-state index in [1.54, 1.807) is 0 Å². The third-order valence-corrected chi connectivity index (χ3v) is 5.30. The number of benzene rings is 4. The van der Waals surface area contributed by atoms with Crippen LogP contribution < -0.4 is 18.9 Å². The van der Waals surface area contributed by atoms with Crippen LogP contribution in [0.15, 0.2) is 109 Å². The zero-order valence-electron chi connectivity index (χ0n) is 19.9. The lowest BCUT2D eigenvalue weighted by atomic mass is 10.1. The van der Waals surface area contributed by atoms with Gasteiger partial charge in [0.15, 0.2) is 0 Å². The standard InChI is InChI=1S/C30H30O6/c31-25(19-33-27-7-3-1-4-8-27)21-35-29-15-11-23(12-16-29)24-13-17-30(18-14-24)36-22-26(32)20-34-28-9-5-2-6-10-28/h1-18,25-26,31-32H,19-22H2. The molecule has 0 aliphatic carbocycles. The summed E-state index contributed by atoms with van der Waals surface area (Å²) < 4.78 is 22.5. The zero-order valence-corrected chi connectivity index (χ0v) is 19.9. The average molecular weight is 487 g/mol. The molecular formula is C30H30O6. The lowest BCUT2D eigenvalue weighted by Gasteiger charge is -2.14. The van der Waals surface area contributed by atoms with Crippen LogP contribution >= 0.6 is 0 Å². The molecule has 0 saturated carbocycles. The van der Waals surface area contributed by atoms with Gasteiger partial charge in [0.25, 0.3) is 0 Å². The van der Waals surface area contributed by atoms with Gasteiger partial charge in [-0.05, 0) is 59.7 Å². The van der Waals surface area contributed by atoms with E-state index >= 15 is 0 Å². The number of aliphatic hydroxyl groups excluding tert-OH is 2. The summed E-state index contributed by atoms with van der Waals surface area (Å²) in [5, 5.41) is 20.2. The number of para-hydroxylation sites is 2. The summed E-state index contributed by atoms with van der Waals surface area (Å²) in [5.74, 6) is 2.77. The third-order valence-electron chi connectivity index (χ3n) is 5.30. The molecule has 2 unspecified atom stereocenters. The summed E-state index contributed by atoms with van der Waals surface area (Å²) in [5.41, 5.74) is 2.05. The third kappa shape index (κ3) is 8.05. The molecule has 0 fully saturated rings. The predicted octanol–water partition coefficient (Wildman–Crippen LogP) is 4.99. The number of hydrogen-bond donors (Lipinski definition) is 2. The first-order chi connectivity index (χ1) is 17.7. The lowest BCUT2D eigenvalue weighted by Crippen LogP contribution is -2.25. The van der Waals surface area contributed by atoms with E-state index in [9.17, 15) is 10.2 Å². The predicted molar refractivity (Wildman–Crippen MR) is 139 cm³/mol. The Morgan fingerprint density at radius 2 is 0.667 bits per heavy atom. The van der Waals surface area contributed by atoms with Crippen LogP contribution in [0.25, 0.3) is 11.1 Å². The number of rotatable bonds is 13. The van der Waals surface area contributed by atoms with Crippen molar-refractivity contribution in [2.24, 2.45) is 0 Å². The van der Waals surface area contributed by atoms with Gasteiger partial charge in [0, 0.05) is 0 Å². The quantitative estimate of drug-likeness (QED) is 0.277. The molecule has 2 atom stereocenters. The fourth-order valence-corrected chi connectivity index (χ4v) is 3.39. The highest BCUT2D eigenvalue weighted by Gasteiger charge is 2.09. The van der Waals surface area contributed by atoms with Crippen molar-refractivity contribution in [3.8, 4) is 34.1 Å². The Labute approximate surface area is 211 Å². The van der Waals surface area contributed by atoms with Crippen molar-refractivity contribution >= 4 is 0 Å². The van der Waals surface area contributed by atoms with E-state index in [1.165, 1.54) is 0 Å². The van der Waals surface area contributed by atoms with E-state index in [0.29, 0.717) is 23.0 Å². The van der Waals surface area contributed by atoms with Gasteiger partial charge in [-0.1, -0.05) is 60.7 Å². The van der Waals surface area contributed by atoms with Crippen molar-refractivity contribution in [3.63, 3.8) is 0 Å². The SMILES string of the molecule is OC(COc1ccccc1)COc1ccc(-c2ccc(OCC(O)COc3ccccc3)cc2)cc1. The first-order valence-corrected chi connectivity index (χ1v) is 11.8. The molecule has 0 radical (unpaired) electrons. The maximum atomic E-state index is 10.1. The second kappa shape index (κ2) is 13.2. The molecule has 6 nitrogen and oxygen atoms in total. The van der Waals surface area contributed by atoms with Crippen molar-refractivity contribution in [1.82, 2.24) is 0 Å². The molecular weight excluding hydrogens is 456 g/mol. The summed E-state index contributed by atoms with van der Waals surface area (Å²) in [4.78, 5) is 0. The van der Waals surface area contributed by atoms with Gasteiger partial charge in [0.2, 0.25) is 0 Å². The van der Waals surface area contributed by atoms with Crippen molar-refractivity contribution in [2.75, 3.05) is 26.4 Å². The van der Waals surface area contributed by atoms with Gasteiger partial charge in [-0.15, -0.1) is 0 Å². The Morgan fingerprint density at radius 1 is 0.389 bits per heavy atom. The van der Waals surface area contributed by atoms with E-state index in [0.717, 1.165) is 11.1 Å². The zero-order chi connectivity index (χ0) is 25.0. The Balaban J connectivity index is 1.19. The molecule has 0 aromatic heterocycles. The molecule has 2 N–H and O–H groups in total. The van der Waals surface area contributed by atoms with Gasteiger partial charge in [-0.25, -0.2) is 0 Å². The first kappa shape index (κ1) is 25.1. The Bertz CT molecular complexity index is 1050. The van der Waals surface area contributed by atoms with Crippen LogP contribution in [0.2, 0.25) is 0 Å². The molecule has 0 bridgehead atoms. The fraction of sp³-hybridized carbons (Fsp3) is 0.200. The fourth-order valence-electron chi connectivity index (χ4n) is 3.39. The van der Waals surface area contributed by atoms with Gasteiger partial charge in [-0.3, -0.25) is 0 Å². The minimum atomic E-state index is -0.735. The minimum absolute atomic E-state index is 0.139. The highest BCUT2D eigenvalue weighted by molar-refractivity contribution is 5.64. The highest BCUT2D eigenvalue weighted by atomic mass is 16.5. The summed E-state index contributed by atoms with van der Waals surface area (Å²) in [6, 6.07) is 34.0. The molecule has 36 heavy (non-hydrogen) atoms. The van der Waals surface area contributed by atoms with E-state index in [2.05, 4.69) is 0 Å². The maximum absolute atomic E-state index is 10.1. The van der Waals surface area contributed by atoms with E-state index in [1.807, 2.05) is 109 Å². The average Bonchev–Trinajstić information content (AvgIpc) is 2.94. The summed E-state index contributed by atoms with van der Waals surface area (Å²) >= 11 is 0. The molecule has 0 spiro atoms. The van der Waals surface area contributed by atoms with Crippen LogP contribution in [-0.4, -0.2) is 48.8 Å². The van der Waals surface area contributed by atoms with E-state index in [-0.39, 0.29) is 26.4 Å². The van der Waals surface area contributed by atoms with Crippen LogP contribution in [0.5, 0.6) is 23.0 Å². The van der Waals surface area contributed by atoms with E-state index < -0.39 is 12.2 Å². The summed E-state index contributed by atoms with van der Waals surface area (Å²) in [6.45, 7) is 0.599. The Kier molecular flexibility index (Phi) is 9.19.